The van der Waals surface area contributed by atoms with Gasteiger partial charge in [0, 0.05) is 5.39 Å². The lowest BCUT2D eigenvalue weighted by atomic mass is 10.1. The van der Waals surface area contributed by atoms with E-state index in [1.807, 2.05) is 6.07 Å². The summed E-state index contributed by atoms with van der Waals surface area (Å²) in [6, 6.07) is 21.1. The van der Waals surface area contributed by atoms with Crippen molar-refractivity contribution in [1.82, 2.24) is 15.1 Å². The average molecular weight is 449 g/mol. The van der Waals surface area contributed by atoms with Crippen LogP contribution in [0.2, 0.25) is 0 Å². The molecule has 1 atom stereocenters. The van der Waals surface area contributed by atoms with Gasteiger partial charge in [0.2, 0.25) is 10.0 Å². The highest BCUT2D eigenvalue weighted by Gasteiger charge is 2.20. The first kappa shape index (κ1) is 21.4. The van der Waals surface area contributed by atoms with Crippen molar-refractivity contribution in [3.8, 4) is 5.69 Å². The molecule has 0 spiro atoms. The van der Waals surface area contributed by atoms with Crippen molar-refractivity contribution >= 4 is 26.7 Å². The molecule has 4 rings (SSSR count). The van der Waals surface area contributed by atoms with Gasteiger partial charge in [0.15, 0.2) is 5.69 Å². The molecule has 0 aliphatic heterocycles. The Labute approximate surface area is 184 Å². The lowest BCUT2D eigenvalue weighted by molar-refractivity contribution is 0.0935. The van der Waals surface area contributed by atoms with Gasteiger partial charge in [0.1, 0.15) is 0 Å². The van der Waals surface area contributed by atoms with E-state index < -0.39 is 22.0 Å². The van der Waals surface area contributed by atoms with E-state index in [9.17, 15) is 18.0 Å². The summed E-state index contributed by atoms with van der Waals surface area (Å²) in [4.78, 5) is 26.1. The van der Waals surface area contributed by atoms with Gasteiger partial charge in [-0.2, -0.15) is 9.78 Å². The third-order valence-electron chi connectivity index (χ3n) is 5.06. The van der Waals surface area contributed by atoms with Gasteiger partial charge in [-0.25, -0.2) is 13.6 Å². The molecule has 1 unspecified atom stereocenters. The molecule has 0 bridgehead atoms. The lowest BCUT2D eigenvalue weighted by Gasteiger charge is -2.16. The summed E-state index contributed by atoms with van der Waals surface area (Å²) >= 11 is 0. The maximum Gasteiger partial charge on any atom is 0.279 e. The second kappa shape index (κ2) is 8.37. The fourth-order valence-electron chi connectivity index (χ4n) is 3.41. The minimum absolute atomic E-state index is 0.0442. The molecule has 0 radical (unpaired) electrons. The third-order valence-corrected chi connectivity index (χ3v) is 5.97. The van der Waals surface area contributed by atoms with Crippen LogP contribution in [0.15, 0.2) is 88.6 Å². The normalized spacial score (nSPS) is 12.4. The Morgan fingerprint density at radius 2 is 1.62 bits per heavy atom. The van der Waals surface area contributed by atoms with Gasteiger partial charge in [0.05, 0.1) is 22.0 Å². The van der Waals surface area contributed by atoms with E-state index in [1.54, 1.807) is 67.6 Å². The number of fused-ring (bicyclic) bond motifs is 1. The number of para-hydroxylation sites is 1. The molecule has 4 aromatic rings. The minimum Gasteiger partial charge on any atom is -0.344 e. The molecule has 1 heterocycles. The van der Waals surface area contributed by atoms with Gasteiger partial charge >= 0.3 is 0 Å². The van der Waals surface area contributed by atoms with E-state index >= 15 is 0 Å². The van der Waals surface area contributed by atoms with E-state index in [-0.39, 0.29) is 16.1 Å². The number of rotatable bonds is 5. The molecule has 3 N–H and O–H groups in total. The molecule has 1 amide bonds. The molecule has 32 heavy (non-hydrogen) atoms. The molecular weight excluding hydrogens is 428 g/mol. The highest BCUT2D eigenvalue weighted by molar-refractivity contribution is 7.89. The lowest BCUT2D eigenvalue weighted by Crippen LogP contribution is -2.31. The van der Waals surface area contributed by atoms with Gasteiger partial charge in [0.25, 0.3) is 11.5 Å². The zero-order chi connectivity index (χ0) is 22.9. The van der Waals surface area contributed by atoms with E-state index in [0.717, 1.165) is 0 Å². The molecule has 9 heteroatoms. The van der Waals surface area contributed by atoms with E-state index in [0.29, 0.717) is 22.0 Å². The predicted molar refractivity (Wildman–Crippen MR) is 121 cm³/mol. The van der Waals surface area contributed by atoms with Crippen LogP contribution < -0.4 is 16.0 Å². The molecule has 1 aromatic heterocycles. The van der Waals surface area contributed by atoms with Crippen molar-refractivity contribution < 1.29 is 13.2 Å². The second-order valence-electron chi connectivity index (χ2n) is 7.26. The monoisotopic (exact) mass is 448 g/mol. The number of aromatic nitrogens is 2. The Morgan fingerprint density at radius 1 is 0.969 bits per heavy atom. The van der Waals surface area contributed by atoms with Gasteiger partial charge < -0.3 is 5.32 Å². The summed E-state index contributed by atoms with van der Waals surface area (Å²) in [5.41, 5.74) is 0.840. The van der Waals surface area contributed by atoms with Gasteiger partial charge in [-0.15, -0.1) is 0 Å². The quantitative estimate of drug-likeness (QED) is 0.485. The number of nitrogens with one attached hydrogen (secondary N) is 1. The summed E-state index contributed by atoms with van der Waals surface area (Å²) in [6.45, 7) is 1.72. The number of hydrogen-bond acceptors (Lipinski definition) is 5. The number of carbonyl (C=O) groups excluding carboxylic acids is 1. The summed E-state index contributed by atoms with van der Waals surface area (Å²) in [6.07, 6.45) is 0. The van der Waals surface area contributed by atoms with E-state index in [4.69, 9.17) is 5.14 Å². The minimum atomic E-state index is -3.87. The highest BCUT2D eigenvalue weighted by Crippen LogP contribution is 2.19. The van der Waals surface area contributed by atoms with Crippen LogP contribution in [-0.2, 0) is 10.0 Å². The molecule has 0 aliphatic rings. The maximum atomic E-state index is 13.2. The zero-order valence-corrected chi connectivity index (χ0v) is 17.9. The van der Waals surface area contributed by atoms with Crippen molar-refractivity contribution in [3.05, 3.63) is 100 Å². The summed E-state index contributed by atoms with van der Waals surface area (Å²) in [5.74, 6) is -0.501. The van der Waals surface area contributed by atoms with E-state index in [1.165, 1.54) is 16.8 Å². The smallest absolute Gasteiger partial charge is 0.279 e. The van der Waals surface area contributed by atoms with Crippen LogP contribution in [-0.4, -0.2) is 24.1 Å². The molecular formula is C23H20N4O4S. The standard InChI is InChI=1S/C23H20N4O4S/c1-15(16-8-7-11-18(14-16)32(24,30)31)25-22(28)21-19-12-5-6-13-20(19)23(29)27(26-21)17-9-3-2-4-10-17/h2-15H,1H3,(H,25,28)(H2,24,30,31). The SMILES string of the molecule is CC(NC(=O)c1nn(-c2ccccc2)c(=O)c2ccccc12)c1cccc(S(N)(=O)=O)c1. The first-order valence-electron chi connectivity index (χ1n) is 9.77. The van der Waals surface area contributed by atoms with E-state index in [2.05, 4.69) is 10.4 Å². The maximum absolute atomic E-state index is 13.2. The second-order valence-corrected chi connectivity index (χ2v) is 8.82. The Bertz CT molecular complexity index is 1480. The van der Waals surface area contributed by atoms with Gasteiger partial charge in [-0.05, 0) is 42.8 Å². The van der Waals surface area contributed by atoms with Crippen LogP contribution in [0, 0.1) is 0 Å². The molecule has 0 saturated carbocycles. The topological polar surface area (TPSA) is 124 Å². The fraction of sp³-hybridized carbons (Fsp3) is 0.0870. The Balaban J connectivity index is 1.76. The third kappa shape index (κ3) is 4.16. The van der Waals surface area contributed by atoms with Gasteiger partial charge in [-0.1, -0.05) is 48.5 Å². The van der Waals surface area contributed by atoms with Crippen LogP contribution in [0.1, 0.15) is 29.0 Å². The Kier molecular flexibility index (Phi) is 5.60. The predicted octanol–water partition coefficient (Wildman–Crippen LogP) is 2.52. The number of hydrogen-bond donors (Lipinski definition) is 2. The molecule has 0 saturated heterocycles. The number of benzene rings is 3. The fourth-order valence-corrected chi connectivity index (χ4v) is 3.98. The summed E-state index contributed by atoms with van der Waals surface area (Å²) in [7, 11) is -3.87. The van der Waals surface area contributed by atoms with Crippen molar-refractivity contribution in [3.63, 3.8) is 0 Å². The number of amides is 1. The Morgan fingerprint density at radius 3 is 2.31 bits per heavy atom. The van der Waals surface area contributed by atoms with Gasteiger partial charge in [-0.3, -0.25) is 9.59 Å². The van der Waals surface area contributed by atoms with Crippen LogP contribution in [0.25, 0.3) is 16.5 Å². The number of primary sulfonamides is 1. The molecule has 0 aliphatic carbocycles. The zero-order valence-electron chi connectivity index (χ0n) is 17.1. The largest absolute Gasteiger partial charge is 0.344 e. The first-order chi connectivity index (χ1) is 15.3. The number of sulfonamides is 1. The number of nitrogens with two attached hydrogens (primary N) is 1. The highest BCUT2D eigenvalue weighted by atomic mass is 32.2. The van der Waals surface area contributed by atoms with Crippen molar-refractivity contribution in [2.24, 2.45) is 5.14 Å². The summed E-state index contributed by atoms with van der Waals surface area (Å²) in [5, 5.41) is 13.2. The van der Waals surface area contributed by atoms with Crippen molar-refractivity contribution in [1.29, 1.82) is 0 Å². The number of carbonyl (C=O) groups is 1. The molecule has 0 fully saturated rings. The molecule has 3 aromatic carbocycles. The first-order valence-corrected chi connectivity index (χ1v) is 11.3. The molecule has 162 valence electrons. The van der Waals surface area contributed by atoms with Crippen LogP contribution in [0.4, 0.5) is 0 Å². The average Bonchev–Trinajstić information content (AvgIpc) is 2.79. The van der Waals surface area contributed by atoms with Crippen molar-refractivity contribution in [2.75, 3.05) is 0 Å². The van der Waals surface area contributed by atoms with Crippen LogP contribution >= 0.6 is 0 Å². The Hall–Kier alpha value is -3.82. The van der Waals surface area contributed by atoms with Crippen LogP contribution in [0.5, 0.6) is 0 Å². The van der Waals surface area contributed by atoms with Crippen molar-refractivity contribution in [2.45, 2.75) is 17.9 Å². The summed E-state index contributed by atoms with van der Waals surface area (Å²) < 4.78 is 24.5. The van der Waals surface area contributed by atoms with Crippen LogP contribution in [0.3, 0.4) is 0 Å². The molecule has 8 nitrogen and oxygen atoms in total. The number of nitrogens with zero attached hydrogens (tertiary/aromatic N) is 2.